The predicted molar refractivity (Wildman–Crippen MR) is 136 cm³/mol. The maximum Gasteiger partial charge on any atom is 0.311 e. The van der Waals surface area contributed by atoms with Gasteiger partial charge in [-0.1, -0.05) is 29.8 Å². The van der Waals surface area contributed by atoms with Crippen molar-refractivity contribution in [1.82, 2.24) is 0 Å². The minimum Gasteiger partial charge on any atom is -0.493 e. The smallest absolute Gasteiger partial charge is 0.311 e. The predicted octanol–water partition coefficient (Wildman–Crippen LogP) is 4.98. The van der Waals surface area contributed by atoms with Gasteiger partial charge in [-0.3, -0.25) is 14.4 Å². The fourth-order valence-corrected chi connectivity index (χ4v) is 4.00. The van der Waals surface area contributed by atoms with E-state index in [1.165, 1.54) is 4.90 Å². The highest BCUT2D eigenvalue weighted by Crippen LogP contribution is 2.33. The van der Waals surface area contributed by atoms with Crippen molar-refractivity contribution in [2.24, 2.45) is 5.92 Å². The van der Waals surface area contributed by atoms with Crippen LogP contribution in [0.3, 0.4) is 0 Å². The molecule has 2 amide bonds. The van der Waals surface area contributed by atoms with Crippen LogP contribution in [0.4, 0.5) is 11.4 Å². The number of halogens is 1. The molecule has 0 radical (unpaired) electrons. The number of ether oxygens (including phenoxy) is 3. The zero-order valence-corrected chi connectivity index (χ0v) is 20.6. The van der Waals surface area contributed by atoms with E-state index in [0.29, 0.717) is 33.6 Å². The van der Waals surface area contributed by atoms with Crippen molar-refractivity contribution in [2.45, 2.75) is 13.3 Å². The number of para-hydroxylation sites is 2. The van der Waals surface area contributed by atoms with Crippen LogP contribution in [0.25, 0.3) is 0 Å². The first-order valence-electron chi connectivity index (χ1n) is 11.3. The van der Waals surface area contributed by atoms with Crippen molar-refractivity contribution >= 4 is 40.8 Å². The zero-order valence-electron chi connectivity index (χ0n) is 19.8. The molecule has 1 aliphatic heterocycles. The molecule has 0 saturated carbocycles. The first kappa shape index (κ1) is 25.1. The Hall–Kier alpha value is -4.04. The summed E-state index contributed by atoms with van der Waals surface area (Å²) < 4.78 is 16.3. The number of hydrogen-bond donors (Lipinski definition) is 1. The number of hydrogen-bond acceptors (Lipinski definition) is 6. The fourth-order valence-electron chi connectivity index (χ4n) is 3.82. The van der Waals surface area contributed by atoms with Crippen LogP contribution in [0, 0.1) is 12.8 Å². The Labute approximate surface area is 213 Å². The quantitative estimate of drug-likeness (QED) is 0.431. The van der Waals surface area contributed by atoms with Crippen molar-refractivity contribution in [1.29, 1.82) is 0 Å². The molecule has 1 atom stereocenters. The molecule has 186 valence electrons. The van der Waals surface area contributed by atoms with Crippen molar-refractivity contribution in [2.75, 3.05) is 30.5 Å². The van der Waals surface area contributed by atoms with Gasteiger partial charge in [-0.25, -0.2) is 0 Å². The molecule has 8 nitrogen and oxygen atoms in total. The van der Waals surface area contributed by atoms with Gasteiger partial charge < -0.3 is 24.4 Å². The maximum atomic E-state index is 12.6. The molecule has 3 aromatic carbocycles. The summed E-state index contributed by atoms with van der Waals surface area (Å²) in [7, 11) is 1.57. The summed E-state index contributed by atoms with van der Waals surface area (Å²) in [6.45, 7) is 1.49. The van der Waals surface area contributed by atoms with E-state index >= 15 is 0 Å². The van der Waals surface area contributed by atoms with E-state index < -0.39 is 24.4 Å². The molecule has 0 aromatic heterocycles. The Morgan fingerprint density at radius 2 is 1.75 bits per heavy atom. The Bertz CT molecular complexity index is 1280. The Morgan fingerprint density at radius 1 is 1.03 bits per heavy atom. The molecule has 0 bridgehead atoms. The number of anilines is 2. The lowest BCUT2D eigenvalue weighted by molar-refractivity contribution is -0.151. The average molecular weight is 509 g/mol. The van der Waals surface area contributed by atoms with Crippen molar-refractivity contribution < 1.29 is 28.6 Å². The summed E-state index contributed by atoms with van der Waals surface area (Å²) in [6.07, 6.45) is 0.00726. The van der Waals surface area contributed by atoms with Gasteiger partial charge in [-0.15, -0.1) is 0 Å². The number of esters is 1. The highest BCUT2D eigenvalue weighted by Gasteiger charge is 2.36. The monoisotopic (exact) mass is 508 g/mol. The van der Waals surface area contributed by atoms with Gasteiger partial charge in [0, 0.05) is 29.4 Å². The summed E-state index contributed by atoms with van der Waals surface area (Å²) >= 11 is 6.06. The Balaban J connectivity index is 1.31. The van der Waals surface area contributed by atoms with Gasteiger partial charge >= 0.3 is 5.97 Å². The fraction of sp³-hybridized carbons (Fsp3) is 0.222. The SMILES string of the molecule is COc1ccccc1Oc1ccc(N2C[C@@H](C(=O)OCC(=O)Nc3cccc(Cl)c3C)CC2=O)cc1. The van der Waals surface area contributed by atoms with Crippen LogP contribution in [-0.2, 0) is 19.1 Å². The molecule has 0 aliphatic carbocycles. The van der Waals surface area contributed by atoms with E-state index in [-0.39, 0.29) is 18.9 Å². The molecular formula is C27H25ClN2O6. The molecule has 1 saturated heterocycles. The molecular weight excluding hydrogens is 484 g/mol. The van der Waals surface area contributed by atoms with Gasteiger partial charge in [0.1, 0.15) is 5.75 Å². The summed E-state index contributed by atoms with van der Waals surface area (Å²) in [5, 5.41) is 3.19. The summed E-state index contributed by atoms with van der Waals surface area (Å²) in [6, 6.07) is 19.4. The molecule has 0 unspecified atom stereocenters. The number of benzene rings is 3. The molecule has 1 fully saturated rings. The van der Waals surface area contributed by atoms with E-state index in [1.54, 1.807) is 68.6 Å². The van der Waals surface area contributed by atoms with Crippen LogP contribution in [0.15, 0.2) is 66.7 Å². The summed E-state index contributed by atoms with van der Waals surface area (Å²) in [5.74, 6) is -0.194. The molecule has 1 N–H and O–H groups in total. The van der Waals surface area contributed by atoms with Gasteiger partial charge in [0.25, 0.3) is 5.91 Å². The first-order valence-corrected chi connectivity index (χ1v) is 11.7. The highest BCUT2D eigenvalue weighted by atomic mass is 35.5. The number of carbonyl (C=O) groups excluding carboxylic acids is 3. The molecule has 9 heteroatoms. The third-order valence-corrected chi connectivity index (χ3v) is 6.20. The second kappa shape index (κ2) is 11.1. The first-order chi connectivity index (χ1) is 17.4. The van der Waals surface area contributed by atoms with Crippen LogP contribution < -0.4 is 19.7 Å². The van der Waals surface area contributed by atoms with Crippen molar-refractivity contribution in [3.63, 3.8) is 0 Å². The average Bonchev–Trinajstić information content (AvgIpc) is 3.28. The second-order valence-electron chi connectivity index (χ2n) is 8.22. The van der Waals surface area contributed by atoms with E-state index in [0.717, 1.165) is 5.56 Å². The topological polar surface area (TPSA) is 94.2 Å². The number of nitrogens with one attached hydrogen (secondary N) is 1. The standard InChI is InChI=1S/C27H25ClN2O6/c1-17-21(28)6-5-7-22(17)29-25(31)16-35-27(33)18-14-26(32)30(15-18)19-10-12-20(13-11-19)36-24-9-4-3-8-23(24)34-2/h3-13,18H,14-16H2,1-2H3,(H,29,31)/t18-/m0/s1. The summed E-state index contributed by atoms with van der Waals surface area (Å²) in [4.78, 5) is 38.8. The lowest BCUT2D eigenvalue weighted by Gasteiger charge is -2.17. The number of carbonyl (C=O) groups is 3. The number of amides is 2. The van der Waals surface area contributed by atoms with Crippen molar-refractivity contribution in [3.8, 4) is 17.2 Å². The number of methoxy groups -OCH3 is 1. The third-order valence-electron chi connectivity index (χ3n) is 5.79. The van der Waals surface area contributed by atoms with E-state index in [2.05, 4.69) is 5.32 Å². The Morgan fingerprint density at radius 3 is 2.47 bits per heavy atom. The third kappa shape index (κ3) is 5.78. The van der Waals surface area contributed by atoms with Gasteiger partial charge in [0.2, 0.25) is 5.91 Å². The van der Waals surface area contributed by atoms with Crippen LogP contribution in [0.1, 0.15) is 12.0 Å². The lowest BCUT2D eigenvalue weighted by atomic mass is 10.1. The molecule has 1 heterocycles. The molecule has 1 aliphatic rings. The van der Waals surface area contributed by atoms with Crippen LogP contribution in [0.2, 0.25) is 5.02 Å². The number of nitrogens with zero attached hydrogens (tertiary/aromatic N) is 1. The largest absolute Gasteiger partial charge is 0.493 e. The highest BCUT2D eigenvalue weighted by molar-refractivity contribution is 6.31. The Kier molecular flexibility index (Phi) is 7.75. The minimum atomic E-state index is -0.664. The van der Waals surface area contributed by atoms with Crippen LogP contribution in [0.5, 0.6) is 17.2 Å². The van der Waals surface area contributed by atoms with Gasteiger partial charge in [0.05, 0.1) is 13.0 Å². The zero-order chi connectivity index (χ0) is 25.7. The maximum absolute atomic E-state index is 12.6. The normalized spacial score (nSPS) is 14.9. The van der Waals surface area contributed by atoms with Gasteiger partial charge in [0.15, 0.2) is 18.1 Å². The lowest BCUT2D eigenvalue weighted by Crippen LogP contribution is -2.28. The van der Waals surface area contributed by atoms with E-state index in [9.17, 15) is 14.4 Å². The molecule has 0 spiro atoms. The van der Waals surface area contributed by atoms with Crippen molar-refractivity contribution in [3.05, 3.63) is 77.3 Å². The molecule has 4 rings (SSSR count). The molecule has 3 aromatic rings. The second-order valence-corrected chi connectivity index (χ2v) is 8.63. The molecule has 36 heavy (non-hydrogen) atoms. The van der Waals surface area contributed by atoms with E-state index in [1.807, 2.05) is 12.1 Å². The van der Waals surface area contributed by atoms with E-state index in [4.69, 9.17) is 25.8 Å². The minimum absolute atomic E-state index is 0.00726. The van der Waals surface area contributed by atoms with Gasteiger partial charge in [-0.2, -0.15) is 0 Å². The van der Waals surface area contributed by atoms with Crippen LogP contribution in [-0.4, -0.2) is 38.0 Å². The number of rotatable bonds is 8. The van der Waals surface area contributed by atoms with Crippen LogP contribution >= 0.6 is 11.6 Å². The summed E-state index contributed by atoms with van der Waals surface area (Å²) in [5.41, 5.74) is 1.90. The van der Waals surface area contributed by atoms with Gasteiger partial charge in [-0.05, 0) is 61.0 Å².